The van der Waals surface area contributed by atoms with Crippen molar-refractivity contribution in [2.45, 2.75) is 31.5 Å². The molecule has 1 aliphatic heterocycles. The van der Waals surface area contributed by atoms with Crippen LogP contribution in [0, 0.1) is 0 Å². The van der Waals surface area contributed by atoms with Crippen molar-refractivity contribution in [3.05, 3.63) is 71.8 Å². The van der Waals surface area contributed by atoms with Gasteiger partial charge in [0.1, 0.15) is 12.6 Å². The summed E-state index contributed by atoms with van der Waals surface area (Å²) in [5.74, 6) is -0.309. The van der Waals surface area contributed by atoms with Gasteiger partial charge in [-0.05, 0) is 24.0 Å². The Morgan fingerprint density at radius 3 is 2.38 bits per heavy atom. The van der Waals surface area contributed by atoms with Crippen molar-refractivity contribution in [2.75, 3.05) is 39.9 Å². The molecule has 172 valence electrons. The van der Waals surface area contributed by atoms with Crippen molar-refractivity contribution in [1.29, 1.82) is 0 Å². The van der Waals surface area contributed by atoms with E-state index in [4.69, 9.17) is 10.5 Å². The molecule has 32 heavy (non-hydrogen) atoms. The van der Waals surface area contributed by atoms with E-state index in [2.05, 4.69) is 46.6 Å². The molecule has 2 aromatic rings. The largest absolute Gasteiger partial charge is 0.375 e. The first-order chi connectivity index (χ1) is 15.6. The molecular formula is C25H34N4O3. The lowest BCUT2D eigenvalue weighted by Gasteiger charge is -2.29. The average molecular weight is 439 g/mol. The first-order valence-electron chi connectivity index (χ1n) is 11.2. The third kappa shape index (κ3) is 6.63. The highest BCUT2D eigenvalue weighted by molar-refractivity contribution is 5.88. The van der Waals surface area contributed by atoms with Gasteiger partial charge in [-0.15, -0.1) is 0 Å². The number of hydrogen-bond donors (Lipinski definition) is 2. The van der Waals surface area contributed by atoms with Crippen LogP contribution in [0.5, 0.6) is 0 Å². The molecule has 0 radical (unpaired) electrons. The summed E-state index contributed by atoms with van der Waals surface area (Å²) in [6.07, 6.45) is 1.49. The van der Waals surface area contributed by atoms with Crippen LogP contribution in [0.2, 0.25) is 0 Å². The number of nitrogens with two attached hydrogens (primary N) is 1. The summed E-state index contributed by atoms with van der Waals surface area (Å²) in [7, 11) is 1.50. The van der Waals surface area contributed by atoms with Gasteiger partial charge in [0.05, 0.1) is 0 Å². The third-order valence-corrected chi connectivity index (χ3v) is 5.89. The molecule has 0 spiro atoms. The molecule has 1 fully saturated rings. The fraction of sp³-hybridized carbons (Fsp3) is 0.440. The van der Waals surface area contributed by atoms with E-state index in [0.29, 0.717) is 26.1 Å². The zero-order valence-electron chi connectivity index (χ0n) is 18.8. The average Bonchev–Trinajstić information content (AvgIpc) is 3.27. The van der Waals surface area contributed by atoms with Crippen LogP contribution in [-0.4, -0.2) is 73.6 Å². The van der Waals surface area contributed by atoms with Crippen molar-refractivity contribution < 1.29 is 14.3 Å². The highest BCUT2D eigenvalue weighted by Crippen LogP contribution is 2.25. The second-order valence-corrected chi connectivity index (χ2v) is 8.16. The van der Waals surface area contributed by atoms with Crippen molar-refractivity contribution in [1.82, 2.24) is 15.1 Å². The third-order valence-electron chi connectivity index (χ3n) is 5.89. The number of likely N-dealkylation sites (tertiary alicyclic amines) is 1. The van der Waals surface area contributed by atoms with E-state index in [1.165, 1.54) is 18.2 Å². The minimum Gasteiger partial charge on any atom is -0.375 e. The van der Waals surface area contributed by atoms with Crippen molar-refractivity contribution in [3.8, 4) is 0 Å². The Balaban J connectivity index is 1.78. The van der Waals surface area contributed by atoms with Gasteiger partial charge in [0.25, 0.3) is 0 Å². The van der Waals surface area contributed by atoms with Gasteiger partial charge in [-0.25, -0.2) is 0 Å². The van der Waals surface area contributed by atoms with Crippen LogP contribution >= 0.6 is 0 Å². The molecule has 1 saturated heterocycles. The Bertz CT molecular complexity index is 847. The SMILES string of the molecule is COCC(=O)N1CC(N(CCc2ccccc2)Cc2ccccc2)CC1C(=O)NCCN. The van der Waals surface area contributed by atoms with Gasteiger partial charge in [0.2, 0.25) is 11.8 Å². The zero-order chi connectivity index (χ0) is 22.8. The van der Waals surface area contributed by atoms with Gasteiger partial charge in [-0.3, -0.25) is 14.5 Å². The van der Waals surface area contributed by atoms with Gasteiger partial charge in [0, 0.05) is 45.9 Å². The summed E-state index contributed by atoms with van der Waals surface area (Å²) in [5.41, 5.74) is 8.04. The maximum absolute atomic E-state index is 12.8. The Morgan fingerprint density at radius 2 is 1.75 bits per heavy atom. The Morgan fingerprint density at radius 1 is 1.09 bits per heavy atom. The highest BCUT2D eigenvalue weighted by atomic mass is 16.5. The first-order valence-corrected chi connectivity index (χ1v) is 11.2. The number of carbonyl (C=O) groups excluding carboxylic acids is 2. The molecule has 3 rings (SSSR count). The lowest BCUT2D eigenvalue weighted by molar-refractivity contribution is -0.141. The number of ether oxygens (including phenoxy) is 1. The first kappa shape index (κ1) is 23.9. The number of amides is 2. The Hall–Kier alpha value is -2.74. The van der Waals surface area contributed by atoms with Crippen LogP contribution in [0.15, 0.2) is 60.7 Å². The van der Waals surface area contributed by atoms with E-state index in [1.54, 1.807) is 4.90 Å². The molecule has 0 aromatic heterocycles. The van der Waals surface area contributed by atoms with Gasteiger partial charge in [-0.2, -0.15) is 0 Å². The van der Waals surface area contributed by atoms with Crippen molar-refractivity contribution in [2.24, 2.45) is 5.73 Å². The molecule has 2 atom stereocenters. The highest BCUT2D eigenvalue weighted by Gasteiger charge is 2.41. The topological polar surface area (TPSA) is 87.9 Å². The minimum atomic E-state index is -0.510. The van der Waals surface area contributed by atoms with E-state index < -0.39 is 6.04 Å². The number of carbonyl (C=O) groups is 2. The van der Waals surface area contributed by atoms with Gasteiger partial charge < -0.3 is 20.7 Å². The Labute approximate surface area is 190 Å². The van der Waals surface area contributed by atoms with Gasteiger partial charge in [0.15, 0.2) is 0 Å². The maximum Gasteiger partial charge on any atom is 0.249 e. The number of benzene rings is 2. The minimum absolute atomic E-state index is 0.0317. The summed E-state index contributed by atoms with van der Waals surface area (Å²) in [5, 5.41) is 2.85. The normalized spacial score (nSPS) is 18.2. The second-order valence-electron chi connectivity index (χ2n) is 8.16. The van der Waals surface area contributed by atoms with Crippen LogP contribution in [0.1, 0.15) is 17.5 Å². The molecule has 2 aromatic carbocycles. The molecule has 7 heteroatoms. The molecule has 0 aliphatic carbocycles. The van der Waals surface area contributed by atoms with Gasteiger partial charge in [-0.1, -0.05) is 60.7 Å². The Kier molecular flexibility index (Phi) is 9.22. The molecule has 2 amide bonds. The predicted molar refractivity (Wildman–Crippen MR) is 125 cm³/mol. The van der Waals surface area contributed by atoms with E-state index >= 15 is 0 Å². The summed E-state index contributed by atoms with van der Waals surface area (Å²) in [6, 6.07) is 20.3. The molecule has 0 saturated carbocycles. The predicted octanol–water partition coefficient (Wildman–Crippen LogP) is 1.42. The number of hydrogen-bond acceptors (Lipinski definition) is 5. The molecule has 0 bridgehead atoms. The molecule has 1 heterocycles. The number of nitrogens with one attached hydrogen (secondary N) is 1. The van der Waals surface area contributed by atoms with E-state index in [0.717, 1.165) is 19.5 Å². The van der Waals surface area contributed by atoms with Crippen LogP contribution < -0.4 is 11.1 Å². The van der Waals surface area contributed by atoms with Crippen molar-refractivity contribution >= 4 is 11.8 Å². The number of rotatable bonds is 11. The van der Waals surface area contributed by atoms with E-state index in [1.807, 2.05) is 24.3 Å². The molecular weight excluding hydrogens is 404 g/mol. The van der Waals surface area contributed by atoms with Gasteiger partial charge >= 0.3 is 0 Å². The second kappa shape index (κ2) is 12.3. The number of nitrogens with zero attached hydrogens (tertiary/aromatic N) is 2. The fourth-order valence-electron chi connectivity index (χ4n) is 4.25. The fourth-order valence-corrected chi connectivity index (χ4v) is 4.25. The molecule has 2 unspecified atom stereocenters. The number of methoxy groups -OCH3 is 1. The molecule has 1 aliphatic rings. The lowest BCUT2D eigenvalue weighted by atomic mass is 10.1. The van der Waals surface area contributed by atoms with Crippen LogP contribution in [-0.2, 0) is 27.3 Å². The summed E-state index contributed by atoms with van der Waals surface area (Å²) >= 11 is 0. The summed E-state index contributed by atoms with van der Waals surface area (Å²) in [4.78, 5) is 29.6. The van der Waals surface area contributed by atoms with Crippen LogP contribution in [0.4, 0.5) is 0 Å². The summed E-state index contributed by atoms with van der Waals surface area (Å²) in [6.45, 7) is 2.84. The van der Waals surface area contributed by atoms with Crippen LogP contribution in [0.3, 0.4) is 0 Å². The molecule has 7 nitrogen and oxygen atoms in total. The maximum atomic E-state index is 12.8. The quantitative estimate of drug-likeness (QED) is 0.554. The van der Waals surface area contributed by atoms with Crippen LogP contribution in [0.25, 0.3) is 0 Å². The zero-order valence-corrected chi connectivity index (χ0v) is 18.8. The lowest BCUT2D eigenvalue weighted by Crippen LogP contribution is -2.48. The smallest absolute Gasteiger partial charge is 0.249 e. The standard InChI is InChI=1S/C25H34N4O3/c1-32-19-24(30)29-18-22(16-23(29)25(31)27-14-13-26)28(17-21-10-6-3-7-11-21)15-12-20-8-4-2-5-9-20/h2-11,22-23H,12-19,26H2,1H3,(H,27,31). The molecule has 3 N–H and O–H groups in total. The van der Waals surface area contributed by atoms with E-state index in [9.17, 15) is 9.59 Å². The monoisotopic (exact) mass is 438 g/mol. The summed E-state index contributed by atoms with van der Waals surface area (Å²) < 4.78 is 5.07. The van der Waals surface area contributed by atoms with E-state index in [-0.39, 0.29) is 24.5 Å². The van der Waals surface area contributed by atoms with Crippen molar-refractivity contribution in [3.63, 3.8) is 0 Å².